The van der Waals surface area contributed by atoms with Gasteiger partial charge in [0.1, 0.15) is 23.5 Å². The molecule has 3 heterocycles. The lowest BCUT2D eigenvalue weighted by Crippen LogP contribution is -2.33. The number of aliphatic hydroxyl groups is 2. The predicted octanol–water partition coefficient (Wildman–Crippen LogP) is 2.16. The highest BCUT2D eigenvalue weighted by atomic mass is 35.5. The average Bonchev–Trinajstić information content (AvgIpc) is 3.52. The van der Waals surface area contributed by atoms with Gasteiger partial charge in [0.25, 0.3) is 0 Å². The molecular weight excluding hydrogens is 562 g/mol. The molecule has 0 spiro atoms. The SMILES string of the molecule is CN(c1cc(Cl)nc2c1cnn2[C@@H]1O[C@H](COP(=O)(O)CP(=O)(O)O)[C@@H](O)[C@H]1O)[C@H]1CCc2ccccc21. The van der Waals surface area contributed by atoms with Gasteiger partial charge in [0.15, 0.2) is 17.8 Å². The highest BCUT2D eigenvalue weighted by Crippen LogP contribution is 2.55. The number of ether oxygens (including phenoxy) is 1. The molecule has 38 heavy (non-hydrogen) atoms. The second-order valence-corrected chi connectivity index (χ2v) is 13.8. The topological polar surface area (TPSA) is 188 Å². The molecule has 1 aliphatic carbocycles. The fourth-order valence-electron chi connectivity index (χ4n) is 5.09. The summed E-state index contributed by atoms with van der Waals surface area (Å²) in [7, 11) is -7.56. The van der Waals surface area contributed by atoms with Crippen molar-refractivity contribution in [2.45, 2.75) is 43.4 Å². The van der Waals surface area contributed by atoms with Crippen molar-refractivity contribution in [1.29, 1.82) is 0 Å². The number of fused-ring (bicyclic) bond motifs is 2. The van der Waals surface area contributed by atoms with Crippen molar-refractivity contribution in [2.75, 3.05) is 24.5 Å². The summed E-state index contributed by atoms with van der Waals surface area (Å²) in [5.74, 6) is -1.39. The number of hydrogen-bond acceptors (Lipinski definition) is 9. The van der Waals surface area contributed by atoms with Gasteiger partial charge in [0.2, 0.25) is 0 Å². The standard InChI is InChI=1S/C22H27ClN4O9P2/c1-26(15-7-6-12-4-2-3-5-13(12)15)16-8-18(23)25-21-14(16)9-24-27(21)22-20(29)19(28)17(36-22)10-35-38(33,34)11-37(30,31)32/h2-5,8-9,15,17,19-20,22,28-29H,6-7,10-11H2,1H3,(H,33,34)(H2,30,31,32)/t15-,17+,19+,20+,22+/m0/s1. The molecule has 206 valence electrons. The van der Waals surface area contributed by atoms with E-state index in [0.717, 1.165) is 18.5 Å². The van der Waals surface area contributed by atoms with Gasteiger partial charge in [0, 0.05) is 7.05 Å². The van der Waals surface area contributed by atoms with Crippen LogP contribution in [-0.2, 0) is 24.8 Å². The molecule has 6 atom stereocenters. The summed E-state index contributed by atoms with van der Waals surface area (Å²) in [5, 5.41) is 26.3. The minimum absolute atomic E-state index is 0.107. The highest BCUT2D eigenvalue weighted by Gasteiger charge is 2.46. The maximum absolute atomic E-state index is 12.0. The number of rotatable bonds is 8. The molecule has 1 aliphatic heterocycles. The van der Waals surface area contributed by atoms with Crippen LogP contribution in [0.5, 0.6) is 0 Å². The van der Waals surface area contributed by atoms with E-state index in [1.54, 1.807) is 12.3 Å². The molecule has 0 amide bonds. The van der Waals surface area contributed by atoms with E-state index >= 15 is 0 Å². The quantitative estimate of drug-likeness (QED) is 0.191. The van der Waals surface area contributed by atoms with Crippen LogP contribution in [0.3, 0.4) is 0 Å². The Balaban J connectivity index is 1.40. The van der Waals surface area contributed by atoms with Gasteiger partial charge < -0.3 is 39.1 Å². The minimum atomic E-state index is -4.83. The second-order valence-electron chi connectivity index (χ2n) is 9.44. The van der Waals surface area contributed by atoms with Crippen LogP contribution in [0.4, 0.5) is 5.69 Å². The summed E-state index contributed by atoms with van der Waals surface area (Å²) in [4.78, 5) is 34.1. The van der Waals surface area contributed by atoms with E-state index in [1.807, 2.05) is 19.2 Å². The first-order chi connectivity index (χ1) is 17.8. The van der Waals surface area contributed by atoms with Crippen molar-refractivity contribution in [3.63, 3.8) is 0 Å². The van der Waals surface area contributed by atoms with Crippen LogP contribution in [0.15, 0.2) is 36.5 Å². The normalized spacial score (nSPS) is 27.0. The number of hydrogen-bond donors (Lipinski definition) is 5. The highest BCUT2D eigenvalue weighted by molar-refractivity contribution is 7.70. The Kier molecular flexibility index (Phi) is 7.47. The van der Waals surface area contributed by atoms with Gasteiger partial charge in [-0.2, -0.15) is 5.10 Å². The number of nitrogens with zero attached hydrogens (tertiary/aromatic N) is 4. The Morgan fingerprint density at radius 3 is 2.68 bits per heavy atom. The third-order valence-corrected chi connectivity index (χ3v) is 10.5. The van der Waals surface area contributed by atoms with Gasteiger partial charge in [-0.1, -0.05) is 35.9 Å². The zero-order valence-electron chi connectivity index (χ0n) is 20.1. The molecule has 1 fully saturated rings. The van der Waals surface area contributed by atoms with Crippen LogP contribution < -0.4 is 4.90 Å². The zero-order chi connectivity index (χ0) is 27.4. The first kappa shape index (κ1) is 27.7. The van der Waals surface area contributed by atoms with Crippen LogP contribution in [0, 0.1) is 0 Å². The number of benzene rings is 1. The van der Waals surface area contributed by atoms with Gasteiger partial charge in [0.05, 0.1) is 29.9 Å². The number of pyridine rings is 1. The van der Waals surface area contributed by atoms with Gasteiger partial charge in [-0.15, -0.1) is 0 Å². The number of aryl methyl sites for hydroxylation is 1. The smallest absolute Gasteiger partial charge is 0.340 e. The summed E-state index contributed by atoms with van der Waals surface area (Å²) in [6, 6.07) is 10.1. The molecule has 13 nitrogen and oxygen atoms in total. The van der Waals surface area contributed by atoms with Crippen molar-refractivity contribution >= 4 is 43.5 Å². The number of aliphatic hydroxyl groups excluding tert-OH is 2. The molecule has 1 unspecified atom stereocenters. The molecule has 3 aromatic rings. The monoisotopic (exact) mass is 588 g/mol. The Morgan fingerprint density at radius 2 is 1.95 bits per heavy atom. The maximum Gasteiger partial charge on any atom is 0.340 e. The molecule has 2 aromatic heterocycles. The fraction of sp³-hybridized carbons (Fsp3) is 0.455. The van der Waals surface area contributed by atoms with E-state index in [0.29, 0.717) is 5.39 Å². The molecule has 0 saturated carbocycles. The van der Waals surface area contributed by atoms with Gasteiger partial charge in [-0.3, -0.25) is 9.13 Å². The Hall–Kier alpha value is -1.89. The zero-order valence-corrected chi connectivity index (χ0v) is 22.7. The second kappa shape index (κ2) is 10.3. The summed E-state index contributed by atoms with van der Waals surface area (Å²) in [6.07, 6.45) is -2.18. The molecule has 0 bridgehead atoms. The first-order valence-corrected chi connectivity index (χ1v) is 15.7. The number of anilines is 1. The van der Waals surface area contributed by atoms with Gasteiger partial charge >= 0.3 is 15.2 Å². The van der Waals surface area contributed by atoms with Crippen molar-refractivity contribution in [3.05, 3.63) is 52.8 Å². The van der Waals surface area contributed by atoms with E-state index < -0.39 is 52.2 Å². The van der Waals surface area contributed by atoms with Crippen LogP contribution in [0.1, 0.15) is 29.8 Å². The lowest BCUT2D eigenvalue weighted by atomic mass is 10.1. The minimum Gasteiger partial charge on any atom is -0.387 e. The van der Waals surface area contributed by atoms with E-state index in [1.165, 1.54) is 15.8 Å². The van der Waals surface area contributed by atoms with Crippen molar-refractivity contribution in [2.24, 2.45) is 0 Å². The Bertz CT molecular complexity index is 1450. The predicted molar refractivity (Wildman–Crippen MR) is 137 cm³/mol. The summed E-state index contributed by atoms with van der Waals surface area (Å²) < 4.78 is 34.8. The first-order valence-electron chi connectivity index (χ1n) is 11.7. The number of aromatic nitrogens is 3. The summed E-state index contributed by atoms with van der Waals surface area (Å²) >= 11 is 6.38. The Morgan fingerprint density at radius 1 is 1.21 bits per heavy atom. The molecule has 16 heteroatoms. The van der Waals surface area contributed by atoms with Gasteiger partial charge in [-0.05, 0) is 30.0 Å². The van der Waals surface area contributed by atoms with Crippen LogP contribution >= 0.6 is 26.8 Å². The van der Waals surface area contributed by atoms with Crippen LogP contribution in [0.25, 0.3) is 11.0 Å². The van der Waals surface area contributed by atoms with E-state index in [4.69, 9.17) is 30.6 Å². The molecule has 5 N–H and O–H groups in total. The largest absolute Gasteiger partial charge is 0.387 e. The lowest BCUT2D eigenvalue weighted by Gasteiger charge is -2.28. The molecule has 5 rings (SSSR count). The lowest BCUT2D eigenvalue weighted by molar-refractivity contribution is -0.0541. The van der Waals surface area contributed by atoms with Gasteiger partial charge in [-0.25, -0.2) is 9.67 Å². The fourth-order valence-corrected chi connectivity index (χ4v) is 7.84. The van der Waals surface area contributed by atoms with E-state index in [-0.39, 0.29) is 16.8 Å². The molecule has 0 radical (unpaired) electrons. The third-order valence-electron chi connectivity index (χ3n) is 6.84. The van der Waals surface area contributed by atoms with Crippen molar-refractivity contribution < 1.29 is 43.3 Å². The average molecular weight is 589 g/mol. The van der Waals surface area contributed by atoms with E-state index in [2.05, 4.69) is 27.1 Å². The maximum atomic E-state index is 12.0. The Labute approximate surface area is 222 Å². The summed E-state index contributed by atoms with van der Waals surface area (Å²) in [6.45, 7) is -0.703. The van der Waals surface area contributed by atoms with Crippen LogP contribution in [-0.4, -0.2) is 77.5 Å². The molecule has 1 aromatic carbocycles. The summed E-state index contributed by atoms with van der Waals surface area (Å²) in [5.41, 5.74) is 3.57. The molecule has 2 aliphatic rings. The van der Waals surface area contributed by atoms with Crippen LogP contribution in [0.2, 0.25) is 5.15 Å². The third kappa shape index (κ3) is 5.41. The van der Waals surface area contributed by atoms with Crippen molar-refractivity contribution in [3.8, 4) is 0 Å². The number of halogens is 1. The molecular formula is C22H27ClN4O9P2. The van der Waals surface area contributed by atoms with E-state index in [9.17, 15) is 24.2 Å². The van der Waals surface area contributed by atoms with Crippen molar-refractivity contribution in [1.82, 2.24) is 14.8 Å². The molecule has 1 saturated heterocycles.